The van der Waals surface area contributed by atoms with Crippen LogP contribution in [0.2, 0.25) is 0 Å². The van der Waals surface area contributed by atoms with Gasteiger partial charge in [-0.3, -0.25) is 4.98 Å². The highest BCUT2D eigenvalue weighted by molar-refractivity contribution is 6.04. The molecule has 2 aromatic rings. The summed E-state index contributed by atoms with van der Waals surface area (Å²) in [4.78, 5) is 15.5. The maximum absolute atomic E-state index is 11.3. The Balaban J connectivity index is 2.07. The van der Waals surface area contributed by atoms with Gasteiger partial charge in [-0.05, 0) is 18.4 Å². The van der Waals surface area contributed by atoms with Crippen molar-refractivity contribution in [3.8, 4) is 0 Å². The summed E-state index contributed by atoms with van der Waals surface area (Å²) in [5.41, 5.74) is 1.78. The number of fused-ring (bicyclic) bond motifs is 1. The molecular weight excluding hydrogens is 240 g/mol. The quantitative estimate of drug-likeness (QED) is 0.882. The Bertz CT molecular complexity index is 639. The average Bonchev–Trinajstić information content (AvgIpc) is 3.17. The van der Waals surface area contributed by atoms with E-state index < -0.39 is 5.97 Å². The van der Waals surface area contributed by atoms with E-state index in [9.17, 15) is 9.90 Å². The minimum Gasteiger partial charge on any atom is -0.478 e. The Morgan fingerprint density at radius 3 is 2.95 bits per heavy atom. The number of aromatic carboxylic acids is 1. The number of aromatic nitrogens is 1. The van der Waals surface area contributed by atoms with Crippen molar-refractivity contribution < 1.29 is 9.90 Å². The van der Waals surface area contributed by atoms with Crippen LogP contribution in [0.5, 0.6) is 0 Å². The molecule has 4 heteroatoms. The molecule has 1 aliphatic rings. The number of para-hydroxylation sites is 1. The molecule has 3 rings (SSSR count). The monoisotopic (exact) mass is 256 g/mol. The molecule has 1 saturated carbocycles. The molecule has 19 heavy (non-hydrogen) atoms. The van der Waals surface area contributed by atoms with Crippen molar-refractivity contribution in [2.75, 3.05) is 5.32 Å². The first-order valence-electron chi connectivity index (χ1n) is 6.58. The highest BCUT2D eigenvalue weighted by Gasteiger charge is 2.36. The molecule has 1 aliphatic carbocycles. The Morgan fingerprint density at radius 2 is 2.26 bits per heavy atom. The zero-order chi connectivity index (χ0) is 13.4. The summed E-state index contributed by atoms with van der Waals surface area (Å²) in [5.74, 6) is -0.275. The fraction of sp³-hybridized carbons (Fsp3) is 0.333. The van der Waals surface area contributed by atoms with Crippen LogP contribution in [0.3, 0.4) is 0 Å². The molecule has 2 atom stereocenters. The van der Waals surface area contributed by atoms with E-state index in [1.807, 2.05) is 24.3 Å². The van der Waals surface area contributed by atoms with E-state index in [-0.39, 0.29) is 5.56 Å². The van der Waals surface area contributed by atoms with Crippen LogP contribution in [0.25, 0.3) is 10.9 Å². The second-order valence-corrected chi connectivity index (χ2v) is 5.02. The third-order valence-electron chi connectivity index (χ3n) is 3.78. The van der Waals surface area contributed by atoms with Crippen molar-refractivity contribution >= 4 is 22.6 Å². The first kappa shape index (κ1) is 12.0. The molecule has 1 heterocycles. The molecule has 1 aromatic heterocycles. The van der Waals surface area contributed by atoms with Crippen LogP contribution in [0.4, 0.5) is 5.69 Å². The molecule has 0 spiro atoms. The van der Waals surface area contributed by atoms with Gasteiger partial charge in [-0.1, -0.05) is 31.5 Å². The molecule has 98 valence electrons. The normalized spacial score (nSPS) is 21.3. The lowest BCUT2D eigenvalue weighted by Crippen LogP contribution is -2.11. The summed E-state index contributed by atoms with van der Waals surface area (Å²) in [6.45, 7) is 2.16. The Labute approximate surface area is 111 Å². The number of hydrogen-bond acceptors (Lipinski definition) is 3. The average molecular weight is 256 g/mol. The standard InChI is InChI=1S/C15H16N2O2/c1-2-9-7-13(9)17-14-10-5-3-4-6-12(10)16-8-11(14)15(18)19/h3-6,8-9,13H,2,7H2,1H3,(H,16,17)(H,18,19). The topological polar surface area (TPSA) is 62.2 Å². The second-order valence-electron chi connectivity index (χ2n) is 5.02. The van der Waals surface area contributed by atoms with Crippen LogP contribution in [0.15, 0.2) is 30.5 Å². The molecule has 0 aliphatic heterocycles. The van der Waals surface area contributed by atoms with Gasteiger partial charge in [-0.25, -0.2) is 4.79 Å². The zero-order valence-corrected chi connectivity index (χ0v) is 10.8. The van der Waals surface area contributed by atoms with Gasteiger partial charge in [0.25, 0.3) is 0 Å². The molecule has 2 unspecified atom stereocenters. The smallest absolute Gasteiger partial charge is 0.339 e. The van der Waals surface area contributed by atoms with Gasteiger partial charge in [0.1, 0.15) is 5.56 Å². The largest absolute Gasteiger partial charge is 0.478 e. The van der Waals surface area contributed by atoms with Crippen molar-refractivity contribution in [1.29, 1.82) is 0 Å². The van der Waals surface area contributed by atoms with E-state index in [1.54, 1.807) is 0 Å². The van der Waals surface area contributed by atoms with Gasteiger partial charge in [0.05, 0.1) is 11.2 Å². The number of pyridine rings is 1. The molecule has 0 amide bonds. The van der Waals surface area contributed by atoms with E-state index >= 15 is 0 Å². The van der Waals surface area contributed by atoms with Crippen molar-refractivity contribution in [1.82, 2.24) is 4.98 Å². The number of carbonyl (C=O) groups is 1. The summed E-state index contributed by atoms with van der Waals surface area (Å²) in [7, 11) is 0. The summed E-state index contributed by atoms with van der Waals surface area (Å²) in [5, 5.41) is 13.6. The number of anilines is 1. The predicted molar refractivity (Wildman–Crippen MR) is 74.5 cm³/mol. The second kappa shape index (κ2) is 4.53. The molecule has 1 fully saturated rings. The highest BCUT2D eigenvalue weighted by Crippen LogP contribution is 2.38. The molecule has 2 N–H and O–H groups in total. The lowest BCUT2D eigenvalue weighted by Gasteiger charge is -2.12. The van der Waals surface area contributed by atoms with Crippen LogP contribution in [-0.4, -0.2) is 22.1 Å². The number of hydrogen-bond donors (Lipinski definition) is 2. The number of carboxylic acid groups (broad SMARTS) is 1. The summed E-state index contributed by atoms with van der Waals surface area (Å²) in [6.07, 6.45) is 3.69. The molecule has 0 bridgehead atoms. The van der Waals surface area contributed by atoms with Gasteiger partial charge in [0, 0.05) is 17.6 Å². The first-order chi connectivity index (χ1) is 9.20. The van der Waals surface area contributed by atoms with Crippen LogP contribution in [0.1, 0.15) is 30.1 Å². The van der Waals surface area contributed by atoms with Crippen molar-refractivity contribution in [2.45, 2.75) is 25.8 Å². The molecule has 0 radical (unpaired) electrons. The van der Waals surface area contributed by atoms with E-state index in [4.69, 9.17) is 0 Å². The number of benzene rings is 1. The Kier molecular flexibility index (Phi) is 2.85. The summed E-state index contributed by atoms with van der Waals surface area (Å²) in [6, 6.07) is 8.03. The van der Waals surface area contributed by atoms with Crippen molar-refractivity contribution in [3.05, 3.63) is 36.0 Å². The first-order valence-corrected chi connectivity index (χ1v) is 6.58. The van der Waals surface area contributed by atoms with E-state index in [2.05, 4.69) is 17.2 Å². The number of nitrogens with one attached hydrogen (secondary N) is 1. The van der Waals surface area contributed by atoms with Crippen LogP contribution in [0, 0.1) is 5.92 Å². The minimum absolute atomic E-state index is 0.250. The lowest BCUT2D eigenvalue weighted by atomic mass is 10.1. The van der Waals surface area contributed by atoms with Gasteiger partial charge in [0.15, 0.2) is 0 Å². The SMILES string of the molecule is CCC1CC1Nc1c(C(=O)O)cnc2ccccc12. The Hall–Kier alpha value is -2.10. The lowest BCUT2D eigenvalue weighted by molar-refractivity contribution is 0.0697. The maximum Gasteiger partial charge on any atom is 0.339 e. The van der Waals surface area contributed by atoms with Crippen LogP contribution < -0.4 is 5.32 Å². The van der Waals surface area contributed by atoms with Crippen LogP contribution >= 0.6 is 0 Å². The third kappa shape index (κ3) is 2.14. The fourth-order valence-electron chi connectivity index (χ4n) is 2.52. The molecule has 1 aromatic carbocycles. The Morgan fingerprint density at radius 1 is 1.47 bits per heavy atom. The summed E-state index contributed by atoms with van der Waals surface area (Å²) >= 11 is 0. The van der Waals surface area contributed by atoms with Gasteiger partial charge in [-0.2, -0.15) is 0 Å². The van der Waals surface area contributed by atoms with E-state index in [0.717, 1.165) is 23.7 Å². The highest BCUT2D eigenvalue weighted by atomic mass is 16.4. The van der Waals surface area contributed by atoms with Crippen LogP contribution in [-0.2, 0) is 0 Å². The minimum atomic E-state index is -0.936. The predicted octanol–water partition coefficient (Wildman–Crippen LogP) is 3.14. The van der Waals surface area contributed by atoms with E-state index in [0.29, 0.717) is 17.6 Å². The van der Waals surface area contributed by atoms with E-state index in [1.165, 1.54) is 6.20 Å². The zero-order valence-electron chi connectivity index (χ0n) is 10.8. The van der Waals surface area contributed by atoms with Crippen molar-refractivity contribution in [3.63, 3.8) is 0 Å². The maximum atomic E-state index is 11.3. The summed E-state index contributed by atoms with van der Waals surface area (Å²) < 4.78 is 0. The van der Waals surface area contributed by atoms with Gasteiger partial charge in [0.2, 0.25) is 0 Å². The van der Waals surface area contributed by atoms with Crippen molar-refractivity contribution in [2.24, 2.45) is 5.92 Å². The molecule has 4 nitrogen and oxygen atoms in total. The van der Waals surface area contributed by atoms with Gasteiger partial charge in [-0.15, -0.1) is 0 Å². The number of carboxylic acids is 1. The number of nitrogens with zero attached hydrogens (tertiary/aromatic N) is 1. The molecular formula is C15H16N2O2. The fourth-order valence-corrected chi connectivity index (χ4v) is 2.52. The van der Waals surface area contributed by atoms with Gasteiger partial charge >= 0.3 is 5.97 Å². The molecule has 0 saturated heterocycles. The third-order valence-corrected chi connectivity index (χ3v) is 3.78. The number of rotatable bonds is 4. The van der Waals surface area contributed by atoms with Gasteiger partial charge < -0.3 is 10.4 Å².